The van der Waals surface area contributed by atoms with Crippen molar-refractivity contribution in [2.24, 2.45) is 17.8 Å². The van der Waals surface area contributed by atoms with Crippen LogP contribution in [0.2, 0.25) is 0 Å². The molecule has 6 nitrogen and oxygen atoms in total. The van der Waals surface area contributed by atoms with E-state index < -0.39 is 5.60 Å². The van der Waals surface area contributed by atoms with Gasteiger partial charge in [-0.3, -0.25) is 4.79 Å². The first kappa shape index (κ1) is 18.1. The Labute approximate surface area is 160 Å². The van der Waals surface area contributed by atoms with Gasteiger partial charge in [0.15, 0.2) is 0 Å². The number of nitrogens with one attached hydrogen (secondary N) is 1. The second kappa shape index (κ2) is 6.14. The lowest BCUT2D eigenvalue weighted by Gasteiger charge is -2.27. The standard InChI is InChI=1S/C21H28N2O4/c1-20(2,3)27-19(25)22-21-10-15(21)9-14-11-23(12-17(14)21)18(24)13-5-7-16(26-4)8-6-13/h5-8,14-15,17H,9-12H2,1-4H3,(H,22,25)/t14-,15?,17+,21-/m1/s1. The van der Waals surface area contributed by atoms with Crippen molar-refractivity contribution >= 4 is 12.0 Å². The molecule has 4 atom stereocenters. The molecule has 1 heterocycles. The predicted molar refractivity (Wildman–Crippen MR) is 101 cm³/mol. The van der Waals surface area contributed by atoms with Crippen LogP contribution in [-0.4, -0.2) is 48.2 Å². The number of amides is 2. The molecule has 2 aliphatic carbocycles. The van der Waals surface area contributed by atoms with Crippen LogP contribution in [-0.2, 0) is 4.74 Å². The van der Waals surface area contributed by atoms with E-state index in [1.54, 1.807) is 7.11 Å². The van der Waals surface area contributed by atoms with E-state index in [9.17, 15) is 9.59 Å². The maximum atomic E-state index is 12.9. The highest BCUT2D eigenvalue weighted by molar-refractivity contribution is 5.94. The largest absolute Gasteiger partial charge is 0.497 e. The van der Waals surface area contributed by atoms with Crippen LogP contribution in [0, 0.1) is 17.8 Å². The molecule has 6 heteroatoms. The van der Waals surface area contributed by atoms with Crippen LogP contribution in [0.25, 0.3) is 0 Å². The van der Waals surface area contributed by atoms with Crippen molar-refractivity contribution in [2.45, 2.75) is 44.8 Å². The SMILES string of the molecule is COc1ccc(C(=O)N2C[C@H]3CC4C[C@]4(NC(=O)OC(C)(C)C)[C@H]3C2)cc1. The third-order valence-electron chi connectivity index (χ3n) is 6.20. The van der Waals surface area contributed by atoms with Crippen LogP contribution in [0.15, 0.2) is 24.3 Å². The lowest BCUT2D eigenvalue weighted by Crippen LogP contribution is -2.46. The van der Waals surface area contributed by atoms with Crippen LogP contribution in [0.3, 0.4) is 0 Å². The van der Waals surface area contributed by atoms with Gasteiger partial charge in [-0.2, -0.15) is 0 Å². The minimum absolute atomic E-state index is 0.0525. The van der Waals surface area contributed by atoms with Gasteiger partial charge in [0.2, 0.25) is 0 Å². The van der Waals surface area contributed by atoms with E-state index in [1.807, 2.05) is 49.9 Å². The van der Waals surface area contributed by atoms with Crippen LogP contribution in [0.5, 0.6) is 5.75 Å². The zero-order chi connectivity index (χ0) is 19.4. The molecular formula is C21H28N2O4. The predicted octanol–water partition coefficient (Wildman–Crippen LogP) is 3.07. The van der Waals surface area contributed by atoms with Crippen molar-refractivity contribution in [3.8, 4) is 5.75 Å². The summed E-state index contributed by atoms with van der Waals surface area (Å²) in [5, 5.41) is 3.16. The number of rotatable bonds is 3. The molecule has 2 saturated carbocycles. The lowest BCUT2D eigenvalue weighted by molar-refractivity contribution is 0.0474. The quantitative estimate of drug-likeness (QED) is 0.885. The highest BCUT2D eigenvalue weighted by Crippen LogP contribution is 2.63. The minimum Gasteiger partial charge on any atom is -0.497 e. The molecule has 0 bridgehead atoms. The molecule has 1 aromatic rings. The first-order valence-electron chi connectivity index (χ1n) is 9.66. The average molecular weight is 372 g/mol. The van der Waals surface area contributed by atoms with E-state index in [0.717, 1.165) is 25.1 Å². The minimum atomic E-state index is -0.505. The van der Waals surface area contributed by atoms with Gasteiger partial charge in [-0.25, -0.2) is 4.79 Å². The molecule has 1 N–H and O–H groups in total. The molecule has 3 aliphatic rings. The van der Waals surface area contributed by atoms with Crippen molar-refractivity contribution < 1.29 is 19.1 Å². The van der Waals surface area contributed by atoms with Crippen molar-refractivity contribution in [1.82, 2.24) is 10.2 Å². The number of methoxy groups -OCH3 is 1. The van der Waals surface area contributed by atoms with E-state index in [0.29, 0.717) is 29.9 Å². The Morgan fingerprint density at radius 3 is 2.52 bits per heavy atom. The Morgan fingerprint density at radius 1 is 1.19 bits per heavy atom. The number of nitrogens with zero attached hydrogens (tertiary/aromatic N) is 1. The molecule has 1 aliphatic heterocycles. The zero-order valence-electron chi connectivity index (χ0n) is 16.5. The van der Waals surface area contributed by atoms with Crippen molar-refractivity contribution in [3.05, 3.63) is 29.8 Å². The number of hydrogen-bond donors (Lipinski definition) is 1. The molecule has 4 rings (SSSR count). The third kappa shape index (κ3) is 3.26. The Bertz CT molecular complexity index is 754. The Morgan fingerprint density at radius 2 is 1.89 bits per heavy atom. The number of alkyl carbamates (subject to hydrolysis) is 1. The van der Waals surface area contributed by atoms with Crippen LogP contribution >= 0.6 is 0 Å². The summed E-state index contributed by atoms with van der Waals surface area (Å²) in [5.74, 6) is 2.10. The highest BCUT2D eigenvalue weighted by atomic mass is 16.6. The van der Waals surface area contributed by atoms with Crippen LogP contribution in [0.4, 0.5) is 4.79 Å². The molecule has 0 aromatic heterocycles. The molecule has 146 valence electrons. The molecule has 1 saturated heterocycles. The topological polar surface area (TPSA) is 67.9 Å². The van der Waals surface area contributed by atoms with E-state index >= 15 is 0 Å². The van der Waals surface area contributed by atoms with E-state index in [1.165, 1.54) is 0 Å². The van der Waals surface area contributed by atoms with Crippen LogP contribution < -0.4 is 10.1 Å². The van der Waals surface area contributed by atoms with Gasteiger partial charge in [0.25, 0.3) is 5.91 Å². The Kier molecular flexibility index (Phi) is 4.13. The molecule has 0 spiro atoms. The first-order valence-corrected chi connectivity index (χ1v) is 9.66. The second-order valence-corrected chi connectivity index (χ2v) is 9.11. The summed E-state index contributed by atoms with van der Waals surface area (Å²) in [7, 11) is 1.61. The number of hydrogen-bond acceptors (Lipinski definition) is 4. The highest BCUT2D eigenvalue weighted by Gasteiger charge is 2.69. The van der Waals surface area contributed by atoms with Gasteiger partial charge in [0.1, 0.15) is 11.4 Å². The smallest absolute Gasteiger partial charge is 0.408 e. The fourth-order valence-electron chi connectivity index (χ4n) is 4.98. The molecule has 3 fully saturated rings. The molecule has 0 radical (unpaired) electrons. The monoisotopic (exact) mass is 372 g/mol. The van der Waals surface area contributed by atoms with Gasteiger partial charge >= 0.3 is 6.09 Å². The fourth-order valence-corrected chi connectivity index (χ4v) is 4.98. The summed E-state index contributed by atoms with van der Waals surface area (Å²) in [6.45, 7) is 7.08. The number of fused-ring (bicyclic) bond motifs is 3. The van der Waals surface area contributed by atoms with Crippen molar-refractivity contribution in [2.75, 3.05) is 20.2 Å². The second-order valence-electron chi connectivity index (χ2n) is 9.11. The third-order valence-corrected chi connectivity index (χ3v) is 6.20. The maximum Gasteiger partial charge on any atom is 0.408 e. The average Bonchev–Trinajstić information content (AvgIpc) is 2.98. The summed E-state index contributed by atoms with van der Waals surface area (Å²) < 4.78 is 10.6. The summed E-state index contributed by atoms with van der Waals surface area (Å²) in [6, 6.07) is 7.24. The first-order chi connectivity index (χ1) is 12.7. The number of ether oxygens (including phenoxy) is 2. The van der Waals surface area contributed by atoms with Gasteiger partial charge in [0, 0.05) is 24.6 Å². The zero-order valence-corrected chi connectivity index (χ0v) is 16.5. The number of likely N-dealkylation sites (tertiary alicyclic amines) is 1. The summed E-state index contributed by atoms with van der Waals surface area (Å²) in [6.07, 6.45) is 1.73. The summed E-state index contributed by atoms with van der Waals surface area (Å²) >= 11 is 0. The Hall–Kier alpha value is -2.24. The van der Waals surface area contributed by atoms with E-state index in [4.69, 9.17) is 9.47 Å². The number of carbonyl (C=O) groups excluding carboxylic acids is 2. The van der Waals surface area contributed by atoms with Gasteiger partial charge in [-0.15, -0.1) is 0 Å². The molecule has 1 aromatic carbocycles. The lowest BCUT2D eigenvalue weighted by atomic mass is 9.91. The van der Waals surface area contributed by atoms with Gasteiger partial charge in [-0.05, 0) is 69.7 Å². The van der Waals surface area contributed by atoms with Crippen molar-refractivity contribution in [3.63, 3.8) is 0 Å². The fraction of sp³-hybridized carbons (Fsp3) is 0.619. The summed E-state index contributed by atoms with van der Waals surface area (Å²) in [5.41, 5.74) is -0.00541. The van der Waals surface area contributed by atoms with E-state index in [2.05, 4.69) is 5.32 Å². The number of benzene rings is 1. The maximum absolute atomic E-state index is 12.9. The van der Waals surface area contributed by atoms with Crippen molar-refractivity contribution in [1.29, 1.82) is 0 Å². The molecule has 1 unspecified atom stereocenters. The molecule has 2 amide bonds. The van der Waals surface area contributed by atoms with Gasteiger partial charge < -0.3 is 19.7 Å². The normalized spacial score (nSPS) is 31.1. The van der Waals surface area contributed by atoms with Gasteiger partial charge in [0.05, 0.1) is 12.6 Å². The molecular weight excluding hydrogens is 344 g/mol. The molecule has 27 heavy (non-hydrogen) atoms. The van der Waals surface area contributed by atoms with Crippen LogP contribution in [0.1, 0.15) is 44.0 Å². The number of carbonyl (C=O) groups is 2. The van der Waals surface area contributed by atoms with Gasteiger partial charge in [-0.1, -0.05) is 0 Å². The summed E-state index contributed by atoms with van der Waals surface area (Å²) in [4.78, 5) is 27.1. The Balaban J connectivity index is 1.42. The van der Waals surface area contributed by atoms with E-state index in [-0.39, 0.29) is 17.5 Å².